The lowest BCUT2D eigenvalue weighted by atomic mass is 9.67. The summed E-state index contributed by atoms with van der Waals surface area (Å²) >= 11 is 0. The van der Waals surface area contributed by atoms with Gasteiger partial charge >= 0.3 is 0 Å². The van der Waals surface area contributed by atoms with Crippen LogP contribution in [-0.4, -0.2) is 4.57 Å². The molecule has 1 aromatic heterocycles. The molecule has 3 heteroatoms. The van der Waals surface area contributed by atoms with E-state index >= 15 is 0 Å². The number of fused-ring (bicyclic) bond motifs is 6. The fraction of sp³-hybridized carbons (Fsp3) is 0.0602. The van der Waals surface area contributed by atoms with Gasteiger partial charge in [-0.25, -0.2) is 0 Å². The van der Waals surface area contributed by atoms with Crippen molar-refractivity contribution in [2.45, 2.75) is 31.6 Å². The number of anilines is 3. The minimum absolute atomic E-state index is 0.0191. The monoisotopic (exact) mass is 1100 g/mol. The molecule has 412 valence electrons. The van der Waals surface area contributed by atoms with Crippen LogP contribution in [0.5, 0.6) is 11.5 Å². The Morgan fingerprint density at radius 3 is 1.33 bits per heavy atom. The molecule has 13 aromatic rings. The molecule has 1 atom stereocenters. The van der Waals surface area contributed by atoms with Gasteiger partial charge < -0.3 is 14.2 Å². The highest BCUT2D eigenvalue weighted by molar-refractivity contribution is 6.12. The molecule has 3 nitrogen and oxygen atoms in total. The third-order valence-corrected chi connectivity index (χ3v) is 17.4. The fourth-order valence-electron chi connectivity index (χ4n) is 12.9. The lowest BCUT2D eigenvalue weighted by Crippen LogP contribution is -2.29. The molecule has 1 heterocycles. The van der Waals surface area contributed by atoms with Crippen LogP contribution in [0.4, 0.5) is 17.1 Å². The highest BCUT2D eigenvalue weighted by Gasteiger charge is 2.46. The van der Waals surface area contributed by atoms with Crippen molar-refractivity contribution >= 4 is 57.1 Å². The number of aromatic nitrogens is 1. The van der Waals surface area contributed by atoms with Gasteiger partial charge in [0.15, 0.2) is 0 Å². The van der Waals surface area contributed by atoms with E-state index in [0.29, 0.717) is 0 Å². The van der Waals surface area contributed by atoms with E-state index in [0.717, 1.165) is 84.2 Å². The predicted octanol–water partition coefficient (Wildman–Crippen LogP) is 22.6. The molecule has 86 heavy (non-hydrogen) atoms. The Morgan fingerprint density at radius 2 is 0.791 bits per heavy atom. The Labute approximate surface area is 505 Å². The number of hydrogen-bond donors (Lipinski definition) is 0. The van der Waals surface area contributed by atoms with Crippen molar-refractivity contribution in [3.63, 3.8) is 0 Å². The van der Waals surface area contributed by atoms with Crippen LogP contribution in [0.2, 0.25) is 0 Å². The average molecular weight is 1110 g/mol. The van der Waals surface area contributed by atoms with Crippen LogP contribution >= 0.6 is 0 Å². The van der Waals surface area contributed by atoms with E-state index in [9.17, 15) is 0 Å². The molecule has 0 bridgehead atoms. The van der Waals surface area contributed by atoms with E-state index in [1.807, 2.05) is 42.5 Å². The molecule has 12 aromatic carbocycles. The van der Waals surface area contributed by atoms with Crippen molar-refractivity contribution in [1.29, 1.82) is 0 Å². The van der Waals surface area contributed by atoms with Crippen molar-refractivity contribution in [1.82, 2.24) is 4.57 Å². The quantitative estimate of drug-likeness (QED) is 0.108. The van der Waals surface area contributed by atoms with Crippen LogP contribution in [-0.2, 0) is 10.8 Å². The Morgan fingerprint density at radius 1 is 0.372 bits per heavy atom. The maximum Gasteiger partial charge on any atom is 0.127 e. The summed E-state index contributed by atoms with van der Waals surface area (Å²) in [4.78, 5) is 2.42. The van der Waals surface area contributed by atoms with E-state index < -0.39 is 5.41 Å². The first kappa shape index (κ1) is 53.3. The molecule has 0 aliphatic heterocycles. The number of rotatable bonds is 14. The van der Waals surface area contributed by atoms with Gasteiger partial charge in [0, 0.05) is 33.5 Å². The Hall–Kier alpha value is -10.7. The largest absolute Gasteiger partial charge is 0.457 e. The third kappa shape index (κ3) is 9.44. The second-order valence-electron chi connectivity index (χ2n) is 23.5. The van der Waals surface area contributed by atoms with Crippen LogP contribution in [0.25, 0.3) is 90.2 Å². The van der Waals surface area contributed by atoms with Crippen LogP contribution in [0, 0.1) is 0 Å². The molecule has 1 aliphatic carbocycles. The molecule has 0 saturated carbocycles. The summed E-state index contributed by atoms with van der Waals surface area (Å²) in [6.07, 6.45) is 5.63. The lowest BCUT2D eigenvalue weighted by molar-refractivity contribution is 0.482. The van der Waals surface area contributed by atoms with E-state index in [1.54, 1.807) is 0 Å². The van der Waals surface area contributed by atoms with Gasteiger partial charge in [0.2, 0.25) is 0 Å². The van der Waals surface area contributed by atoms with Crippen LogP contribution in [0.3, 0.4) is 0 Å². The zero-order valence-corrected chi connectivity index (χ0v) is 48.7. The van der Waals surface area contributed by atoms with Gasteiger partial charge in [0.05, 0.1) is 16.4 Å². The molecule has 1 unspecified atom stereocenters. The van der Waals surface area contributed by atoms with E-state index in [2.05, 4.69) is 305 Å². The first-order chi connectivity index (χ1) is 42.1. The molecule has 0 saturated heterocycles. The lowest BCUT2D eigenvalue weighted by Gasteiger charge is -2.35. The van der Waals surface area contributed by atoms with Crippen molar-refractivity contribution in [3.05, 3.63) is 343 Å². The first-order valence-electron chi connectivity index (χ1n) is 29.5. The van der Waals surface area contributed by atoms with Gasteiger partial charge in [0.25, 0.3) is 0 Å². The van der Waals surface area contributed by atoms with Crippen LogP contribution < -0.4 is 9.64 Å². The van der Waals surface area contributed by atoms with E-state index in [4.69, 9.17) is 4.74 Å². The van der Waals surface area contributed by atoms with Crippen LogP contribution in [0.15, 0.2) is 299 Å². The average Bonchev–Trinajstić information content (AvgIpc) is 1.53. The predicted molar refractivity (Wildman–Crippen MR) is 365 cm³/mol. The molecular weight excluding hydrogens is 1040 g/mol. The number of hydrogen-bond acceptors (Lipinski definition) is 2. The SMILES string of the molecule is C=Cc1ccc(Oc2ccc(C3(c4ccc(C(C)(C)C)cc4)c4ccccc4-c4ccc(N(c5ccc(-c6ccccc6)cc5)c5ccc(-c6ccc7c(c6)c6cc(-c8ccc(C=C)cc8)ccc6n7-c6ccc(C=C)cc6)cc5)cc43)cc2)cc1. The Bertz CT molecular complexity index is 4680. The zero-order valence-electron chi connectivity index (χ0n) is 48.7. The molecule has 0 N–H and O–H groups in total. The van der Waals surface area contributed by atoms with Crippen molar-refractivity contribution in [2.24, 2.45) is 0 Å². The minimum Gasteiger partial charge on any atom is -0.457 e. The molecule has 0 radical (unpaired) electrons. The Balaban J connectivity index is 0.911. The summed E-state index contributed by atoms with van der Waals surface area (Å²) in [7, 11) is 0. The normalized spacial score (nSPS) is 13.5. The molecular formula is C83H64N2O. The summed E-state index contributed by atoms with van der Waals surface area (Å²) in [5, 5.41) is 2.39. The second-order valence-corrected chi connectivity index (χ2v) is 23.5. The molecule has 14 rings (SSSR count). The molecule has 0 fully saturated rings. The zero-order chi connectivity index (χ0) is 58.5. The van der Waals surface area contributed by atoms with Crippen molar-refractivity contribution < 1.29 is 4.74 Å². The Kier molecular flexibility index (Phi) is 13.5. The van der Waals surface area contributed by atoms with Crippen LogP contribution in [0.1, 0.15) is 65.3 Å². The summed E-state index contributed by atoms with van der Waals surface area (Å²) < 4.78 is 8.87. The maximum atomic E-state index is 6.49. The first-order valence-corrected chi connectivity index (χ1v) is 29.5. The van der Waals surface area contributed by atoms with E-state index in [1.165, 1.54) is 60.8 Å². The van der Waals surface area contributed by atoms with Crippen molar-refractivity contribution in [2.75, 3.05) is 4.90 Å². The summed E-state index contributed by atoms with van der Waals surface area (Å²) in [6.45, 7) is 18.8. The van der Waals surface area contributed by atoms with Gasteiger partial charge in [-0.15, -0.1) is 0 Å². The van der Waals surface area contributed by atoms with Gasteiger partial charge in [-0.2, -0.15) is 0 Å². The van der Waals surface area contributed by atoms with E-state index in [-0.39, 0.29) is 5.41 Å². The summed E-state index contributed by atoms with van der Waals surface area (Å²) in [5.41, 5.74) is 24.6. The summed E-state index contributed by atoms with van der Waals surface area (Å²) in [6, 6.07) is 102. The molecule has 0 amide bonds. The van der Waals surface area contributed by atoms with Crippen molar-refractivity contribution in [3.8, 4) is 61.7 Å². The number of ether oxygens (including phenoxy) is 1. The third-order valence-electron chi connectivity index (χ3n) is 17.4. The smallest absolute Gasteiger partial charge is 0.127 e. The second kappa shape index (κ2) is 21.8. The number of benzene rings is 12. The van der Waals surface area contributed by atoms with Gasteiger partial charge in [-0.1, -0.05) is 241 Å². The number of nitrogens with zero attached hydrogens (tertiary/aromatic N) is 2. The topological polar surface area (TPSA) is 17.4 Å². The van der Waals surface area contributed by atoms with Gasteiger partial charge in [0.1, 0.15) is 11.5 Å². The summed E-state index contributed by atoms with van der Waals surface area (Å²) in [5.74, 6) is 1.55. The minimum atomic E-state index is -0.678. The maximum absolute atomic E-state index is 6.49. The van der Waals surface area contributed by atoms with Gasteiger partial charge in [-0.3, -0.25) is 0 Å². The standard InChI is InChI=1S/C83H64N2O/c1-7-56-19-25-61(26-20-56)63-31-51-80-76(53-63)77-54-64(32-52-81(77)85(80)70-39-21-57(8-2)22-40-70)62-29-43-69(44-30-62)84(68-41-27-60(28-42-68)59-15-11-10-12-16-59)71-45-50-75-74-17-13-14-18-78(74)83(79(75)55-71,66-35-33-65(34-36-66)82(4,5)6)67-37-48-73(49-38-67)86-72-46-23-58(9-3)24-47-72/h7-55H,1-3H2,4-6H3. The fourth-order valence-corrected chi connectivity index (χ4v) is 12.9. The molecule has 0 spiro atoms. The van der Waals surface area contributed by atoms with Gasteiger partial charge in [-0.05, 0) is 191 Å². The highest BCUT2D eigenvalue weighted by atomic mass is 16.5. The molecule has 1 aliphatic rings. The highest BCUT2D eigenvalue weighted by Crippen LogP contribution is 2.58.